The SMILES string of the molecule is COc1ccc(Br)c(C)c1N. The Bertz CT molecular complexity index is 273. The van der Waals surface area contributed by atoms with Gasteiger partial charge in [0.15, 0.2) is 0 Å². The summed E-state index contributed by atoms with van der Waals surface area (Å²) in [5, 5.41) is 0. The molecule has 2 nitrogen and oxygen atoms in total. The number of rotatable bonds is 1. The summed E-state index contributed by atoms with van der Waals surface area (Å²) in [6.45, 7) is 1.95. The van der Waals surface area contributed by atoms with E-state index < -0.39 is 0 Å². The number of hydrogen-bond acceptors (Lipinski definition) is 2. The van der Waals surface area contributed by atoms with Crippen molar-refractivity contribution in [3.05, 3.63) is 22.2 Å². The molecule has 0 atom stereocenters. The zero-order chi connectivity index (χ0) is 8.43. The van der Waals surface area contributed by atoms with Crippen molar-refractivity contribution in [3.8, 4) is 5.75 Å². The second kappa shape index (κ2) is 3.13. The second-order valence-electron chi connectivity index (χ2n) is 2.29. The number of methoxy groups -OCH3 is 1. The highest BCUT2D eigenvalue weighted by atomic mass is 79.9. The molecule has 1 aromatic rings. The summed E-state index contributed by atoms with van der Waals surface area (Å²) in [4.78, 5) is 0. The minimum Gasteiger partial charge on any atom is -0.495 e. The van der Waals surface area contributed by atoms with Gasteiger partial charge in [-0.05, 0) is 24.6 Å². The second-order valence-corrected chi connectivity index (χ2v) is 3.14. The van der Waals surface area contributed by atoms with Crippen molar-refractivity contribution in [2.45, 2.75) is 6.92 Å². The first-order valence-corrected chi connectivity index (χ1v) is 4.04. The standard InChI is InChI=1S/C8H10BrNO/c1-5-6(9)3-4-7(11-2)8(5)10/h3-4H,10H2,1-2H3. The Morgan fingerprint density at radius 3 is 2.64 bits per heavy atom. The summed E-state index contributed by atoms with van der Waals surface area (Å²) >= 11 is 3.37. The van der Waals surface area contributed by atoms with Gasteiger partial charge >= 0.3 is 0 Å². The fraction of sp³-hybridized carbons (Fsp3) is 0.250. The quantitative estimate of drug-likeness (QED) is 0.731. The van der Waals surface area contributed by atoms with E-state index in [0.29, 0.717) is 5.69 Å². The van der Waals surface area contributed by atoms with Crippen molar-refractivity contribution >= 4 is 21.6 Å². The van der Waals surface area contributed by atoms with Crippen molar-refractivity contribution in [3.63, 3.8) is 0 Å². The van der Waals surface area contributed by atoms with Crippen LogP contribution in [0.1, 0.15) is 5.56 Å². The molecule has 0 fully saturated rings. The van der Waals surface area contributed by atoms with Gasteiger partial charge in [-0.15, -0.1) is 0 Å². The third kappa shape index (κ3) is 1.48. The number of halogens is 1. The molecule has 0 unspecified atom stereocenters. The molecule has 0 bridgehead atoms. The molecule has 11 heavy (non-hydrogen) atoms. The van der Waals surface area contributed by atoms with Gasteiger partial charge in [-0.25, -0.2) is 0 Å². The van der Waals surface area contributed by atoms with Gasteiger partial charge in [0.25, 0.3) is 0 Å². The van der Waals surface area contributed by atoms with Gasteiger partial charge in [-0.2, -0.15) is 0 Å². The Kier molecular flexibility index (Phi) is 2.39. The minimum atomic E-state index is 0.696. The molecule has 3 heteroatoms. The van der Waals surface area contributed by atoms with Crippen LogP contribution in [-0.4, -0.2) is 7.11 Å². The lowest BCUT2D eigenvalue weighted by atomic mass is 10.2. The normalized spacial score (nSPS) is 9.73. The average Bonchev–Trinajstić information content (AvgIpc) is 2.01. The monoisotopic (exact) mass is 215 g/mol. The molecule has 0 aliphatic rings. The Labute approximate surface area is 74.5 Å². The van der Waals surface area contributed by atoms with Crippen molar-refractivity contribution in [2.75, 3.05) is 12.8 Å². The van der Waals surface area contributed by atoms with E-state index >= 15 is 0 Å². The van der Waals surface area contributed by atoms with Crippen LogP contribution in [0.3, 0.4) is 0 Å². The van der Waals surface area contributed by atoms with E-state index in [9.17, 15) is 0 Å². The third-order valence-corrected chi connectivity index (χ3v) is 2.49. The maximum absolute atomic E-state index is 5.74. The highest BCUT2D eigenvalue weighted by molar-refractivity contribution is 9.10. The maximum Gasteiger partial charge on any atom is 0.142 e. The molecule has 1 rings (SSSR count). The highest BCUT2D eigenvalue weighted by Crippen LogP contribution is 2.29. The van der Waals surface area contributed by atoms with Crippen molar-refractivity contribution in [2.24, 2.45) is 0 Å². The van der Waals surface area contributed by atoms with Crippen LogP contribution in [0.5, 0.6) is 5.75 Å². The Hall–Kier alpha value is -0.700. The minimum absolute atomic E-state index is 0.696. The van der Waals surface area contributed by atoms with Crippen LogP contribution in [0.25, 0.3) is 0 Å². The molecular formula is C8H10BrNO. The molecule has 60 valence electrons. The van der Waals surface area contributed by atoms with Gasteiger partial charge in [-0.1, -0.05) is 15.9 Å². The molecule has 2 N–H and O–H groups in total. The number of anilines is 1. The summed E-state index contributed by atoms with van der Waals surface area (Å²) in [6, 6.07) is 3.76. The van der Waals surface area contributed by atoms with Gasteiger partial charge in [0, 0.05) is 4.47 Å². The molecule has 0 aromatic heterocycles. The Morgan fingerprint density at radius 2 is 2.09 bits per heavy atom. The first-order valence-electron chi connectivity index (χ1n) is 3.25. The van der Waals surface area contributed by atoms with E-state index in [1.54, 1.807) is 7.11 Å². The number of benzene rings is 1. The van der Waals surface area contributed by atoms with E-state index in [1.165, 1.54) is 0 Å². The van der Waals surface area contributed by atoms with Gasteiger partial charge in [-0.3, -0.25) is 0 Å². The molecule has 0 saturated carbocycles. The topological polar surface area (TPSA) is 35.2 Å². The van der Waals surface area contributed by atoms with Gasteiger partial charge in [0.2, 0.25) is 0 Å². The zero-order valence-corrected chi connectivity index (χ0v) is 8.10. The molecular weight excluding hydrogens is 206 g/mol. The highest BCUT2D eigenvalue weighted by Gasteiger charge is 2.03. The lowest BCUT2D eigenvalue weighted by Crippen LogP contribution is -1.95. The van der Waals surface area contributed by atoms with Crippen LogP contribution >= 0.6 is 15.9 Å². The van der Waals surface area contributed by atoms with E-state index in [4.69, 9.17) is 10.5 Å². The van der Waals surface area contributed by atoms with Crippen molar-refractivity contribution < 1.29 is 4.74 Å². The van der Waals surface area contributed by atoms with Crippen LogP contribution in [0, 0.1) is 6.92 Å². The molecule has 0 spiro atoms. The molecule has 0 saturated heterocycles. The molecule has 1 aromatic carbocycles. The first kappa shape index (κ1) is 8.40. The predicted molar refractivity (Wildman–Crippen MR) is 49.8 cm³/mol. The number of nitrogens with two attached hydrogens (primary N) is 1. The van der Waals surface area contributed by atoms with Gasteiger partial charge < -0.3 is 10.5 Å². The van der Waals surface area contributed by atoms with Gasteiger partial charge in [0.05, 0.1) is 12.8 Å². The van der Waals surface area contributed by atoms with Crippen LogP contribution < -0.4 is 10.5 Å². The molecule has 0 amide bonds. The summed E-state index contributed by atoms with van der Waals surface area (Å²) in [5.74, 6) is 0.728. The Morgan fingerprint density at radius 1 is 1.45 bits per heavy atom. The van der Waals surface area contributed by atoms with E-state index in [1.807, 2.05) is 19.1 Å². The van der Waals surface area contributed by atoms with Crippen LogP contribution in [0.15, 0.2) is 16.6 Å². The number of hydrogen-bond donors (Lipinski definition) is 1. The molecule has 0 heterocycles. The van der Waals surface area contributed by atoms with Crippen LogP contribution in [-0.2, 0) is 0 Å². The fourth-order valence-electron chi connectivity index (χ4n) is 0.855. The maximum atomic E-state index is 5.74. The average molecular weight is 216 g/mol. The van der Waals surface area contributed by atoms with Gasteiger partial charge in [0.1, 0.15) is 5.75 Å². The van der Waals surface area contributed by atoms with Crippen LogP contribution in [0.2, 0.25) is 0 Å². The number of nitrogen functional groups attached to an aromatic ring is 1. The van der Waals surface area contributed by atoms with E-state index in [2.05, 4.69) is 15.9 Å². The predicted octanol–water partition coefficient (Wildman–Crippen LogP) is 2.35. The fourth-order valence-corrected chi connectivity index (χ4v) is 1.20. The van der Waals surface area contributed by atoms with Crippen molar-refractivity contribution in [1.82, 2.24) is 0 Å². The Balaban J connectivity index is 3.25. The molecule has 0 aliphatic heterocycles. The first-order chi connectivity index (χ1) is 5.16. The zero-order valence-electron chi connectivity index (χ0n) is 6.52. The lowest BCUT2D eigenvalue weighted by molar-refractivity contribution is 0.416. The number of ether oxygens (including phenoxy) is 1. The summed E-state index contributed by atoms with van der Waals surface area (Å²) in [5.41, 5.74) is 7.45. The van der Waals surface area contributed by atoms with Crippen LogP contribution in [0.4, 0.5) is 5.69 Å². The largest absolute Gasteiger partial charge is 0.495 e. The lowest BCUT2D eigenvalue weighted by Gasteiger charge is -2.07. The summed E-state index contributed by atoms with van der Waals surface area (Å²) in [7, 11) is 1.61. The summed E-state index contributed by atoms with van der Waals surface area (Å²) in [6.07, 6.45) is 0. The van der Waals surface area contributed by atoms with E-state index in [0.717, 1.165) is 15.8 Å². The van der Waals surface area contributed by atoms with Crippen molar-refractivity contribution in [1.29, 1.82) is 0 Å². The molecule has 0 radical (unpaired) electrons. The third-order valence-electron chi connectivity index (χ3n) is 1.63. The molecule has 0 aliphatic carbocycles. The smallest absolute Gasteiger partial charge is 0.142 e. The van der Waals surface area contributed by atoms with E-state index in [-0.39, 0.29) is 0 Å². The summed E-state index contributed by atoms with van der Waals surface area (Å²) < 4.78 is 6.04.